The Morgan fingerprint density at radius 2 is 1.95 bits per heavy atom. The molecule has 0 aliphatic heterocycles. The number of amides is 1. The second-order valence-electron chi connectivity index (χ2n) is 5.46. The van der Waals surface area contributed by atoms with Crippen LogP contribution in [0.25, 0.3) is 0 Å². The number of aromatic nitrogens is 1. The van der Waals surface area contributed by atoms with E-state index in [0.717, 1.165) is 0 Å². The lowest BCUT2D eigenvalue weighted by atomic mass is 9.85. The van der Waals surface area contributed by atoms with Crippen molar-refractivity contribution in [3.8, 4) is 0 Å². The van der Waals surface area contributed by atoms with Crippen LogP contribution in [0.15, 0.2) is 12.3 Å². The number of carbonyl (C=O) groups excluding carboxylic acids is 1. The molecular formula is C14H22ClN3O. The van der Waals surface area contributed by atoms with Gasteiger partial charge < -0.3 is 11.1 Å². The van der Waals surface area contributed by atoms with Crippen molar-refractivity contribution in [2.75, 3.05) is 12.3 Å². The van der Waals surface area contributed by atoms with E-state index in [1.165, 1.54) is 12.3 Å². The molecule has 5 heteroatoms. The summed E-state index contributed by atoms with van der Waals surface area (Å²) in [6, 6.07) is 1.49. The maximum atomic E-state index is 12.1. The average molecular weight is 284 g/mol. The van der Waals surface area contributed by atoms with Crippen LogP contribution in [0.3, 0.4) is 0 Å². The number of hydrogen-bond acceptors (Lipinski definition) is 3. The van der Waals surface area contributed by atoms with Gasteiger partial charge in [-0.25, -0.2) is 4.98 Å². The molecule has 0 unspecified atom stereocenters. The van der Waals surface area contributed by atoms with Crippen molar-refractivity contribution in [3.63, 3.8) is 0 Å². The van der Waals surface area contributed by atoms with E-state index in [-0.39, 0.29) is 11.1 Å². The van der Waals surface area contributed by atoms with Crippen molar-refractivity contribution in [1.29, 1.82) is 0 Å². The molecule has 19 heavy (non-hydrogen) atoms. The maximum absolute atomic E-state index is 12.1. The summed E-state index contributed by atoms with van der Waals surface area (Å²) in [5, 5.41) is 3.19. The van der Waals surface area contributed by atoms with E-state index < -0.39 is 0 Å². The highest BCUT2D eigenvalue weighted by molar-refractivity contribution is 6.29. The SMILES string of the molecule is CC(C)C(CNC(=O)c1cc(Cl)ncc1N)C(C)C. The second kappa shape index (κ2) is 6.75. The fourth-order valence-electron chi connectivity index (χ4n) is 2.18. The second-order valence-corrected chi connectivity index (χ2v) is 5.84. The third kappa shape index (κ3) is 4.39. The van der Waals surface area contributed by atoms with Crippen LogP contribution in [0, 0.1) is 17.8 Å². The van der Waals surface area contributed by atoms with Crippen LogP contribution >= 0.6 is 11.6 Å². The van der Waals surface area contributed by atoms with Crippen molar-refractivity contribution in [2.24, 2.45) is 17.8 Å². The largest absolute Gasteiger partial charge is 0.397 e. The quantitative estimate of drug-likeness (QED) is 0.816. The van der Waals surface area contributed by atoms with E-state index in [1.54, 1.807) is 0 Å². The summed E-state index contributed by atoms with van der Waals surface area (Å²) in [6.45, 7) is 9.28. The standard InChI is InChI=1S/C14H22ClN3O/c1-8(2)11(9(3)4)6-18-14(19)10-5-13(15)17-7-12(10)16/h5,7-9,11H,6,16H2,1-4H3,(H,18,19). The number of nitrogens with zero attached hydrogens (tertiary/aromatic N) is 1. The van der Waals surface area contributed by atoms with Crippen molar-refractivity contribution in [2.45, 2.75) is 27.7 Å². The number of nitrogen functional groups attached to an aromatic ring is 1. The number of hydrogen-bond donors (Lipinski definition) is 2. The minimum atomic E-state index is -0.201. The van der Waals surface area contributed by atoms with Gasteiger partial charge in [0, 0.05) is 6.54 Å². The molecule has 106 valence electrons. The van der Waals surface area contributed by atoms with Gasteiger partial charge in [-0.3, -0.25) is 4.79 Å². The van der Waals surface area contributed by atoms with Gasteiger partial charge >= 0.3 is 0 Å². The van der Waals surface area contributed by atoms with Gasteiger partial charge in [-0.15, -0.1) is 0 Å². The summed E-state index contributed by atoms with van der Waals surface area (Å²) in [6.07, 6.45) is 1.40. The first-order valence-corrected chi connectivity index (χ1v) is 6.90. The molecule has 0 aliphatic rings. The van der Waals surface area contributed by atoms with Crippen LogP contribution in [-0.4, -0.2) is 17.4 Å². The zero-order chi connectivity index (χ0) is 14.6. The molecule has 1 amide bonds. The van der Waals surface area contributed by atoms with E-state index >= 15 is 0 Å². The normalized spacial score (nSPS) is 11.4. The molecule has 0 fully saturated rings. The Hall–Kier alpha value is -1.29. The van der Waals surface area contributed by atoms with E-state index in [0.29, 0.717) is 35.5 Å². The zero-order valence-electron chi connectivity index (χ0n) is 11.9. The molecule has 3 N–H and O–H groups in total. The number of halogens is 1. The Labute approximate surface area is 119 Å². The van der Waals surface area contributed by atoms with Crippen molar-refractivity contribution >= 4 is 23.2 Å². The van der Waals surface area contributed by atoms with Gasteiger partial charge in [0.2, 0.25) is 0 Å². The highest BCUT2D eigenvalue weighted by Crippen LogP contribution is 2.20. The van der Waals surface area contributed by atoms with E-state index in [4.69, 9.17) is 17.3 Å². The van der Waals surface area contributed by atoms with Gasteiger partial charge in [-0.2, -0.15) is 0 Å². The van der Waals surface area contributed by atoms with Gasteiger partial charge in [-0.1, -0.05) is 39.3 Å². The van der Waals surface area contributed by atoms with Gasteiger partial charge in [0.05, 0.1) is 17.4 Å². The van der Waals surface area contributed by atoms with Gasteiger partial charge in [0.1, 0.15) is 5.15 Å². The molecule has 0 radical (unpaired) electrons. The lowest BCUT2D eigenvalue weighted by molar-refractivity contribution is 0.0938. The maximum Gasteiger partial charge on any atom is 0.253 e. The minimum Gasteiger partial charge on any atom is -0.397 e. The molecule has 0 spiro atoms. The number of nitrogens with two attached hydrogens (primary N) is 1. The fourth-order valence-corrected chi connectivity index (χ4v) is 2.34. The van der Waals surface area contributed by atoms with Gasteiger partial charge in [-0.05, 0) is 23.8 Å². The van der Waals surface area contributed by atoms with Gasteiger partial charge in [0.15, 0.2) is 0 Å². The molecule has 1 aromatic heterocycles. The summed E-state index contributed by atoms with van der Waals surface area (Å²) in [7, 11) is 0. The zero-order valence-corrected chi connectivity index (χ0v) is 12.7. The molecule has 0 atom stereocenters. The van der Waals surface area contributed by atoms with Crippen LogP contribution in [0.1, 0.15) is 38.1 Å². The smallest absolute Gasteiger partial charge is 0.253 e. The molecule has 0 saturated heterocycles. The third-order valence-electron chi connectivity index (χ3n) is 3.36. The molecule has 0 aliphatic carbocycles. The van der Waals surface area contributed by atoms with Crippen molar-refractivity contribution < 1.29 is 4.79 Å². The Morgan fingerprint density at radius 1 is 1.37 bits per heavy atom. The first-order valence-electron chi connectivity index (χ1n) is 6.52. The molecule has 4 nitrogen and oxygen atoms in total. The molecule has 0 saturated carbocycles. The summed E-state index contributed by atoms with van der Waals surface area (Å²) in [4.78, 5) is 15.9. The minimum absolute atomic E-state index is 0.201. The molecule has 1 aromatic rings. The molecular weight excluding hydrogens is 262 g/mol. The van der Waals surface area contributed by atoms with E-state index in [9.17, 15) is 4.79 Å². The topological polar surface area (TPSA) is 68.0 Å². The van der Waals surface area contributed by atoms with Crippen molar-refractivity contribution in [3.05, 3.63) is 23.0 Å². The summed E-state index contributed by atoms with van der Waals surface area (Å²) in [5.41, 5.74) is 6.46. The number of nitrogens with one attached hydrogen (secondary N) is 1. The lowest BCUT2D eigenvalue weighted by Crippen LogP contribution is -2.34. The lowest BCUT2D eigenvalue weighted by Gasteiger charge is -2.25. The van der Waals surface area contributed by atoms with E-state index in [1.807, 2.05) is 0 Å². The molecule has 1 rings (SSSR count). The first kappa shape index (κ1) is 15.8. The summed E-state index contributed by atoms with van der Waals surface area (Å²) in [5.74, 6) is 1.26. The fraction of sp³-hybridized carbons (Fsp3) is 0.571. The highest BCUT2D eigenvalue weighted by atomic mass is 35.5. The third-order valence-corrected chi connectivity index (χ3v) is 3.56. The monoisotopic (exact) mass is 283 g/mol. The van der Waals surface area contributed by atoms with Crippen LogP contribution in [-0.2, 0) is 0 Å². The number of pyridine rings is 1. The Morgan fingerprint density at radius 3 is 2.47 bits per heavy atom. The van der Waals surface area contributed by atoms with E-state index in [2.05, 4.69) is 38.0 Å². The molecule has 0 aromatic carbocycles. The van der Waals surface area contributed by atoms with Crippen LogP contribution < -0.4 is 11.1 Å². The predicted molar refractivity (Wildman–Crippen MR) is 79.2 cm³/mol. The van der Waals surface area contributed by atoms with Gasteiger partial charge in [0.25, 0.3) is 5.91 Å². The summed E-state index contributed by atoms with van der Waals surface area (Å²) >= 11 is 5.78. The Kier molecular flexibility index (Phi) is 5.60. The Balaban J connectivity index is 2.72. The Bertz CT molecular complexity index is 438. The van der Waals surface area contributed by atoms with Crippen LogP contribution in [0.2, 0.25) is 5.15 Å². The highest BCUT2D eigenvalue weighted by Gasteiger charge is 2.19. The molecule has 1 heterocycles. The number of carbonyl (C=O) groups is 1. The summed E-state index contributed by atoms with van der Waals surface area (Å²) < 4.78 is 0. The average Bonchev–Trinajstić information content (AvgIpc) is 2.31. The number of anilines is 1. The first-order chi connectivity index (χ1) is 8.82. The predicted octanol–water partition coefficient (Wildman–Crippen LogP) is 2.98. The van der Waals surface area contributed by atoms with Crippen molar-refractivity contribution in [1.82, 2.24) is 10.3 Å². The molecule has 0 bridgehead atoms. The van der Waals surface area contributed by atoms with Crippen LogP contribution in [0.4, 0.5) is 5.69 Å². The van der Waals surface area contributed by atoms with Crippen LogP contribution in [0.5, 0.6) is 0 Å². The number of rotatable bonds is 5.